The van der Waals surface area contributed by atoms with Crippen molar-refractivity contribution in [2.24, 2.45) is 11.1 Å². The second kappa shape index (κ2) is 7.25. The summed E-state index contributed by atoms with van der Waals surface area (Å²) in [5.41, 5.74) is 6.39. The second-order valence-electron chi connectivity index (χ2n) is 5.27. The Kier molecular flexibility index (Phi) is 6.32. The van der Waals surface area contributed by atoms with Crippen LogP contribution >= 0.6 is 0 Å². The molecule has 0 aromatic heterocycles. The van der Waals surface area contributed by atoms with Crippen molar-refractivity contribution < 1.29 is 4.74 Å². The van der Waals surface area contributed by atoms with E-state index in [1.165, 1.54) is 38.5 Å². The maximum atomic E-state index is 5.95. The predicted octanol–water partition coefficient (Wildman–Crippen LogP) is 1.91. The minimum absolute atomic E-state index is 0.306. The summed E-state index contributed by atoms with van der Waals surface area (Å²) in [6.07, 6.45) is 8.31. The highest BCUT2D eigenvalue weighted by atomic mass is 16.5. The Bertz CT molecular complexity index is 179. The van der Waals surface area contributed by atoms with Gasteiger partial charge < -0.3 is 15.8 Å². The molecular weight excluding hydrogens is 200 g/mol. The van der Waals surface area contributed by atoms with Crippen LogP contribution in [0.5, 0.6) is 0 Å². The minimum atomic E-state index is 0.306. The monoisotopic (exact) mass is 228 g/mol. The SMILES string of the molecule is COC(C)CNCCC1(CN)CCCCC1. The Balaban J connectivity index is 2.18. The van der Waals surface area contributed by atoms with Crippen LogP contribution in [0.15, 0.2) is 0 Å². The van der Waals surface area contributed by atoms with Crippen molar-refractivity contribution in [1.82, 2.24) is 5.32 Å². The summed E-state index contributed by atoms with van der Waals surface area (Å²) in [7, 11) is 1.76. The first-order valence-electron chi connectivity index (χ1n) is 6.66. The summed E-state index contributed by atoms with van der Waals surface area (Å²) in [5, 5.41) is 3.46. The lowest BCUT2D eigenvalue weighted by Crippen LogP contribution is -2.37. The number of rotatable bonds is 7. The van der Waals surface area contributed by atoms with E-state index < -0.39 is 0 Å². The van der Waals surface area contributed by atoms with E-state index in [0.29, 0.717) is 11.5 Å². The molecule has 0 heterocycles. The van der Waals surface area contributed by atoms with Gasteiger partial charge in [0.2, 0.25) is 0 Å². The molecule has 1 rings (SSSR count). The summed E-state index contributed by atoms with van der Waals surface area (Å²) < 4.78 is 5.21. The van der Waals surface area contributed by atoms with Crippen LogP contribution in [0.25, 0.3) is 0 Å². The molecule has 0 aliphatic heterocycles. The first-order valence-corrected chi connectivity index (χ1v) is 6.66. The van der Waals surface area contributed by atoms with Crippen molar-refractivity contribution >= 4 is 0 Å². The van der Waals surface area contributed by atoms with Gasteiger partial charge in [0.15, 0.2) is 0 Å². The maximum absolute atomic E-state index is 5.95. The van der Waals surface area contributed by atoms with Crippen molar-refractivity contribution in [2.75, 3.05) is 26.7 Å². The van der Waals surface area contributed by atoms with Crippen LogP contribution in [0.3, 0.4) is 0 Å². The third-order valence-corrected chi connectivity index (χ3v) is 4.01. The largest absolute Gasteiger partial charge is 0.380 e. The van der Waals surface area contributed by atoms with Crippen LogP contribution in [0, 0.1) is 5.41 Å². The van der Waals surface area contributed by atoms with Crippen LogP contribution in [-0.4, -0.2) is 32.8 Å². The molecule has 0 aromatic rings. The van der Waals surface area contributed by atoms with Crippen molar-refractivity contribution in [3.8, 4) is 0 Å². The smallest absolute Gasteiger partial charge is 0.0667 e. The van der Waals surface area contributed by atoms with E-state index >= 15 is 0 Å². The lowest BCUT2D eigenvalue weighted by Gasteiger charge is -2.36. The summed E-state index contributed by atoms with van der Waals surface area (Å²) in [6.45, 7) is 4.96. The Morgan fingerprint density at radius 1 is 1.31 bits per heavy atom. The number of methoxy groups -OCH3 is 1. The zero-order chi connectivity index (χ0) is 11.9. The fraction of sp³-hybridized carbons (Fsp3) is 1.00. The highest BCUT2D eigenvalue weighted by Crippen LogP contribution is 2.37. The molecular formula is C13H28N2O. The van der Waals surface area contributed by atoms with E-state index in [2.05, 4.69) is 12.2 Å². The van der Waals surface area contributed by atoms with Crippen molar-refractivity contribution in [3.63, 3.8) is 0 Å². The van der Waals surface area contributed by atoms with Gasteiger partial charge in [0.25, 0.3) is 0 Å². The summed E-state index contributed by atoms with van der Waals surface area (Å²) in [6, 6.07) is 0. The van der Waals surface area contributed by atoms with Gasteiger partial charge in [-0.25, -0.2) is 0 Å². The lowest BCUT2D eigenvalue weighted by atomic mass is 9.72. The van der Waals surface area contributed by atoms with Gasteiger partial charge in [-0.05, 0) is 44.7 Å². The first-order chi connectivity index (χ1) is 7.72. The number of nitrogens with two attached hydrogens (primary N) is 1. The topological polar surface area (TPSA) is 47.3 Å². The number of hydrogen-bond donors (Lipinski definition) is 2. The minimum Gasteiger partial charge on any atom is -0.380 e. The van der Waals surface area contributed by atoms with Gasteiger partial charge in [-0.2, -0.15) is 0 Å². The predicted molar refractivity (Wildman–Crippen MR) is 68.5 cm³/mol. The van der Waals surface area contributed by atoms with E-state index in [-0.39, 0.29) is 0 Å². The van der Waals surface area contributed by atoms with E-state index in [4.69, 9.17) is 10.5 Å². The van der Waals surface area contributed by atoms with E-state index in [0.717, 1.165) is 19.6 Å². The number of hydrogen-bond acceptors (Lipinski definition) is 3. The molecule has 3 N–H and O–H groups in total. The molecule has 1 aliphatic carbocycles. The van der Waals surface area contributed by atoms with Crippen LogP contribution in [0.1, 0.15) is 45.4 Å². The molecule has 3 nitrogen and oxygen atoms in total. The van der Waals surface area contributed by atoms with Crippen LogP contribution in [0.2, 0.25) is 0 Å². The molecule has 0 bridgehead atoms. The molecule has 1 aliphatic rings. The summed E-state index contributed by atoms with van der Waals surface area (Å²) in [4.78, 5) is 0. The van der Waals surface area contributed by atoms with Gasteiger partial charge >= 0.3 is 0 Å². The molecule has 0 aromatic carbocycles. The van der Waals surface area contributed by atoms with E-state index in [1.807, 2.05) is 0 Å². The molecule has 1 fully saturated rings. The molecule has 1 unspecified atom stereocenters. The Hall–Kier alpha value is -0.120. The Morgan fingerprint density at radius 3 is 2.56 bits per heavy atom. The molecule has 16 heavy (non-hydrogen) atoms. The van der Waals surface area contributed by atoms with Gasteiger partial charge in [0, 0.05) is 13.7 Å². The second-order valence-corrected chi connectivity index (χ2v) is 5.27. The molecule has 0 radical (unpaired) electrons. The zero-order valence-electron chi connectivity index (χ0n) is 10.9. The molecule has 3 heteroatoms. The van der Waals surface area contributed by atoms with Crippen molar-refractivity contribution in [2.45, 2.75) is 51.6 Å². The van der Waals surface area contributed by atoms with Crippen molar-refractivity contribution in [1.29, 1.82) is 0 Å². The molecule has 0 amide bonds. The fourth-order valence-corrected chi connectivity index (χ4v) is 2.60. The molecule has 1 atom stereocenters. The van der Waals surface area contributed by atoms with Crippen LogP contribution in [-0.2, 0) is 4.74 Å². The van der Waals surface area contributed by atoms with Gasteiger partial charge in [-0.15, -0.1) is 0 Å². The normalized spacial score (nSPS) is 21.9. The molecule has 0 saturated heterocycles. The average Bonchev–Trinajstić information content (AvgIpc) is 2.35. The maximum Gasteiger partial charge on any atom is 0.0667 e. The summed E-state index contributed by atoms with van der Waals surface area (Å²) in [5.74, 6) is 0. The Labute approximate surface area is 100 Å². The Morgan fingerprint density at radius 2 is 2.00 bits per heavy atom. The van der Waals surface area contributed by atoms with Gasteiger partial charge in [-0.3, -0.25) is 0 Å². The zero-order valence-corrected chi connectivity index (χ0v) is 10.9. The van der Waals surface area contributed by atoms with Crippen LogP contribution < -0.4 is 11.1 Å². The van der Waals surface area contributed by atoms with E-state index in [9.17, 15) is 0 Å². The van der Waals surface area contributed by atoms with Gasteiger partial charge in [-0.1, -0.05) is 19.3 Å². The summed E-state index contributed by atoms with van der Waals surface area (Å²) >= 11 is 0. The highest BCUT2D eigenvalue weighted by Gasteiger charge is 2.29. The molecule has 96 valence electrons. The highest BCUT2D eigenvalue weighted by molar-refractivity contribution is 4.84. The third-order valence-electron chi connectivity index (χ3n) is 4.01. The third kappa shape index (κ3) is 4.40. The number of nitrogens with one attached hydrogen (secondary N) is 1. The first kappa shape index (κ1) is 13.9. The fourth-order valence-electron chi connectivity index (χ4n) is 2.60. The standard InChI is InChI=1S/C13H28N2O/c1-12(16-2)10-15-9-8-13(11-14)6-4-3-5-7-13/h12,15H,3-11,14H2,1-2H3. The molecule has 0 spiro atoms. The van der Waals surface area contributed by atoms with Gasteiger partial charge in [0.05, 0.1) is 6.10 Å². The quantitative estimate of drug-likeness (QED) is 0.654. The average molecular weight is 228 g/mol. The van der Waals surface area contributed by atoms with Gasteiger partial charge in [0.1, 0.15) is 0 Å². The number of ether oxygens (including phenoxy) is 1. The van der Waals surface area contributed by atoms with Crippen molar-refractivity contribution in [3.05, 3.63) is 0 Å². The van der Waals surface area contributed by atoms with Crippen LogP contribution in [0.4, 0.5) is 0 Å². The molecule has 1 saturated carbocycles. The van der Waals surface area contributed by atoms with E-state index in [1.54, 1.807) is 7.11 Å². The lowest BCUT2D eigenvalue weighted by molar-refractivity contribution is 0.114.